The summed E-state index contributed by atoms with van der Waals surface area (Å²) in [6.45, 7) is 6.01. The molecule has 1 saturated heterocycles. The predicted molar refractivity (Wildman–Crippen MR) is 143 cm³/mol. The molecule has 1 aliphatic carbocycles. The van der Waals surface area contributed by atoms with E-state index in [4.69, 9.17) is 0 Å². The van der Waals surface area contributed by atoms with Crippen LogP contribution in [0.2, 0.25) is 0 Å². The second-order valence-corrected chi connectivity index (χ2v) is 9.89. The predicted octanol–water partition coefficient (Wildman–Crippen LogP) is 4.78. The lowest BCUT2D eigenvalue weighted by Crippen LogP contribution is -2.55. The van der Waals surface area contributed by atoms with E-state index in [9.17, 15) is 9.59 Å². The average molecular weight is 492 g/mol. The van der Waals surface area contributed by atoms with Crippen LogP contribution in [0.1, 0.15) is 46.3 Å². The largest absolute Gasteiger partial charge is 0.348 e. The molecule has 2 unspecified atom stereocenters. The normalized spacial score (nSPS) is 19.6. The lowest BCUT2D eigenvalue weighted by molar-refractivity contribution is -0.138. The minimum atomic E-state index is -0.265. The molecule has 0 aromatic heterocycles. The Kier molecular flexibility index (Phi) is 7.78. The third-order valence-corrected chi connectivity index (χ3v) is 7.09. The molecule has 5 rings (SSSR count). The van der Waals surface area contributed by atoms with E-state index in [-0.39, 0.29) is 36.2 Å². The van der Waals surface area contributed by atoms with Crippen molar-refractivity contribution in [3.63, 3.8) is 0 Å². The monoisotopic (exact) mass is 491 g/mol. The summed E-state index contributed by atoms with van der Waals surface area (Å²) >= 11 is 0. The Balaban J connectivity index is 0.00000289. The fourth-order valence-corrected chi connectivity index (χ4v) is 5.25. The highest BCUT2D eigenvalue weighted by molar-refractivity contribution is 5.95. The minimum Gasteiger partial charge on any atom is -0.348 e. The minimum absolute atomic E-state index is 0. The number of fused-ring (bicyclic) bond motifs is 1. The first-order valence-electron chi connectivity index (χ1n) is 12.4. The number of aryl methyl sites for hydroxylation is 2. The molecule has 0 radical (unpaired) electrons. The van der Waals surface area contributed by atoms with Crippen LogP contribution in [0.5, 0.6) is 0 Å². The van der Waals surface area contributed by atoms with Gasteiger partial charge in [-0.3, -0.25) is 9.59 Å². The van der Waals surface area contributed by atoms with E-state index in [1.165, 1.54) is 16.3 Å². The number of hydrogen-bond donors (Lipinski definition) is 2. The summed E-state index contributed by atoms with van der Waals surface area (Å²) in [4.78, 5) is 29.0. The third-order valence-electron chi connectivity index (χ3n) is 7.09. The van der Waals surface area contributed by atoms with Crippen molar-refractivity contribution in [2.75, 3.05) is 13.1 Å². The van der Waals surface area contributed by atoms with Crippen molar-refractivity contribution in [1.82, 2.24) is 15.5 Å². The molecule has 1 aliphatic heterocycles. The number of piperidine rings is 1. The van der Waals surface area contributed by atoms with Gasteiger partial charge in [0.25, 0.3) is 5.91 Å². The van der Waals surface area contributed by atoms with E-state index in [2.05, 4.69) is 58.0 Å². The van der Waals surface area contributed by atoms with Crippen molar-refractivity contribution >= 4 is 35.0 Å². The van der Waals surface area contributed by atoms with Crippen LogP contribution in [-0.2, 0) is 11.3 Å². The maximum Gasteiger partial charge on any atom is 0.251 e. The van der Waals surface area contributed by atoms with Gasteiger partial charge in [0, 0.05) is 30.7 Å². The Morgan fingerprint density at radius 2 is 1.69 bits per heavy atom. The second-order valence-electron chi connectivity index (χ2n) is 9.89. The zero-order chi connectivity index (χ0) is 23.7. The van der Waals surface area contributed by atoms with Crippen molar-refractivity contribution in [2.24, 2.45) is 5.92 Å². The van der Waals surface area contributed by atoms with Crippen LogP contribution in [0.4, 0.5) is 0 Å². The SMILES string of the molecule is Cc1cc(C)cc(C(=O)NC2CCNCC2C(=O)N(Cc2cccc3ccccc23)C2CC2)c1.Cl. The molecule has 5 nitrogen and oxygen atoms in total. The molecule has 0 bridgehead atoms. The van der Waals surface area contributed by atoms with Gasteiger partial charge in [-0.05, 0) is 68.1 Å². The van der Waals surface area contributed by atoms with Crippen LogP contribution >= 0.6 is 12.4 Å². The van der Waals surface area contributed by atoms with Crippen LogP contribution in [0.25, 0.3) is 10.8 Å². The molecule has 2 fully saturated rings. The quantitative estimate of drug-likeness (QED) is 0.521. The summed E-state index contributed by atoms with van der Waals surface area (Å²) in [5, 5.41) is 8.98. The topological polar surface area (TPSA) is 61.4 Å². The lowest BCUT2D eigenvalue weighted by atomic mass is 9.91. The maximum atomic E-state index is 13.9. The van der Waals surface area contributed by atoms with Gasteiger partial charge in [0.15, 0.2) is 0 Å². The number of carbonyl (C=O) groups is 2. The Bertz CT molecular complexity index is 1200. The van der Waals surface area contributed by atoms with Crippen molar-refractivity contribution in [3.8, 4) is 0 Å². The zero-order valence-electron chi connectivity index (χ0n) is 20.4. The molecule has 6 heteroatoms. The summed E-state index contributed by atoms with van der Waals surface area (Å²) in [6.07, 6.45) is 2.85. The number of nitrogens with zero attached hydrogens (tertiary/aromatic N) is 1. The molecule has 2 aliphatic rings. The molecule has 3 aromatic carbocycles. The first-order chi connectivity index (χ1) is 16.5. The van der Waals surface area contributed by atoms with Gasteiger partial charge in [-0.2, -0.15) is 0 Å². The molecular formula is C29H34ClN3O2. The number of carbonyl (C=O) groups excluding carboxylic acids is 2. The lowest BCUT2D eigenvalue weighted by Gasteiger charge is -2.36. The fraction of sp³-hybridized carbons (Fsp3) is 0.379. The molecular weight excluding hydrogens is 458 g/mol. The first kappa shape index (κ1) is 25.2. The Labute approximate surface area is 213 Å². The van der Waals surface area contributed by atoms with E-state index in [0.29, 0.717) is 24.7 Å². The molecule has 0 spiro atoms. The highest BCUT2D eigenvalue weighted by atomic mass is 35.5. The fourth-order valence-electron chi connectivity index (χ4n) is 5.25. The van der Waals surface area contributed by atoms with Crippen LogP contribution in [0, 0.1) is 19.8 Å². The summed E-state index contributed by atoms with van der Waals surface area (Å²) in [7, 11) is 0. The molecule has 184 valence electrons. The van der Waals surface area contributed by atoms with Gasteiger partial charge in [-0.15, -0.1) is 12.4 Å². The summed E-state index contributed by atoms with van der Waals surface area (Å²) in [6, 6.07) is 20.7. The van der Waals surface area contributed by atoms with E-state index in [1.54, 1.807) is 0 Å². The van der Waals surface area contributed by atoms with Gasteiger partial charge in [-0.1, -0.05) is 59.7 Å². The van der Waals surface area contributed by atoms with E-state index < -0.39 is 0 Å². The number of amides is 2. The highest BCUT2D eigenvalue weighted by Crippen LogP contribution is 2.32. The Hall–Kier alpha value is -2.89. The van der Waals surface area contributed by atoms with Crippen LogP contribution in [-0.4, -0.2) is 41.9 Å². The van der Waals surface area contributed by atoms with Crippen LogP contribution in [0.15, 0.2) is 60.7 Å². The van der Waals surface area contributed by atoms with Crippen molar-refractivity contribution in [2.45, 2.75) is 51.7 Å². The number of benzene rings is 3. The van der Waals surface area contributed by atoms with Gasteiger partial charge in [-0.25, -0.2) is 0 Å². The van der Waals surface area contributed by atoms with E-state index in [1.807, 2.05) is 32.0 Å². The standard InChI is InChI=1S/C29H33N3O2.ClH/c1-19-14-20(2)16-23(15-19)28(33)31-27-12-13-30-17-26(27)29(34)32(24-10-11-24)18-22-8-5-7-21-6-3-4-9-25(21)22;/h3-9,14-16,24,26-27,30H,10-13,17-18H2,1-2H3,(H,31,33);1H. The number of hydrogen-bond acceptors (Lipinski definition) is 3. The first-order valence-corrected chi connectivity index (χ1v) is 12.4. The highest BCUT2D eigenvalue weighted by Gasteiger charge is 2.40. The van der Waals surface area contributed by atoms with Gasteiger partial charge in [0.2, 0.25) is 5.91 Å². The average Bonchev–Trinajstić information content (AvgIpc) is 3.67. The molecule has 2 N–H and O–H groups in total. The third kappa shape index (κ3) is 5.68. The molecule has 3 aromatic rings. The molecule has 1 heterocycles. The van der Waals surface area contributed by atoms with Crippen molar-refractivity contribution < 1.29 is 9.59 Å². The van der Waals surface area contributed by atoms with Crippen LogP contribution < -0.4 is 10.6 Å². The van der Waals surface area contributed by atoms with Gasteiger partial charge < -0.3 is 15.5 Å². The number of halogens is 1. The van der Waals surface area contributed by atoms with Gasteiger partial charge in [0.05, 0.1) is 5.92 Å². The Morgan fingerprint density at radius 3 is 2.43 bits per heavy atom. The zero-order valence-corrected chi connectivity index (χ0v) is 21.2. The molecule has 2 atom stereocenters. The summed E-state index contributed by atoms with van der Waals surface area (Å²) in [5.74, 6) is -0.212. The maximum absolute atomic E-state index is 13.9. The molecule has 2 amide bonds. The van der Waals surface area contributed by atoms with E-state index >= 15 is 0 Å². The Morgan fingerprint density at radius 1 is 0.971 bits per heavy atom. The van der Waals surface area contributed by atoms with Gasteiger partial charge >= 0.3 is 0 Å². The van der Waals surface area contributed by atoms with Crippen LogP contribution in [0.3, 0.4) is 0 Å². The molecule has 35 heavy (non-hydrogen) atoms. The summed E-state index contributed by atoms with van der Waals surface area (Å²) < 4.78 is 0. The second kappa shape index (κ2) is 10.8. The van der Waals surface area contributed by atoms with Crippen molar-refractivity contribution in [3.05, 3.63) is 82.9 Å². The number of nitrogens with one attached hydrogen (secondary N) is 2. The smallest absolute Gasteiger partial charge is 0.251 e. The van der Waals surface area contributed by atoms with Gasteiger partial charge in [0.1, 0.15) is 0 Å². The van der Waals surface area contributed by atoms with E-state index in [0.717, 1.165) is 36.9 Å². The number of rotatable bonds is 6. The molecule has 1 saturated carbocycles. The van der Waals surface area contributed by atoms with Crippen molar-refractivity contribution in [1.29, 1.82) is 0 Å². The summed E-state index contributed by atoms with van der Waals surface area (Å²) in [5.41, 5.74) is 3.98.